The molecular formula is C13H21N5O2S. The lowest BCUT2D eigenvalue weighted by atomic mass is 9.91. The highest BCUT2D eigenvalue weighted by atomic mass is 32.2. The maximum absolute atomic E-state index is 12.5. The Morgan fingerprint density at radius 1 is 1.48 bits per heavy atom. The van der Waals surface area contributed by atoms with Crippen molar-refractivity contribution in [2.24, 2.45) is 0 Å². The van der Waals surface area contributed by atoms with E-state index in [4.69, 9.17) is 0 Å². The first kappa shape index (κ1) is 15.9. The zero-order valence-electron chi connectivity index (χ0n) is 12.6. The summed E-state index contributed by atoms with van der Waals surface area (Å²) in [7, 11) is -1.82. The Labute approximate surface area is 125 Å². The van der Waals surface area contributed by atoms with Gasteiger partial charge in [0.25, 0.3) is 10.0 Å². The smallest absolute Gasteiger partial charge is 0.260 e. The molecule has 0 bridgehead atoms. The minimum absolute atomic E-state index is 0.0181. The van der Waals surface area contributed by atoms with Crippen LogP contribution >= 0.6 is 0 Å². The number of nitrogens with zero attached hydrogens (tertiary/aromatic N) is 4. The van der Waals surface area contributed by atoms with Gasteiger partial charge in [0.05, 0.1) is 6.07 Å². The summed E-state index contributed by atoms with van der Waals surface area (Å²) in [6.07, 6.45) is 2.47. The van der Waals surface area contributed by atoms with Gasteiger partial charge in [-0.05, 0) is 33.7 Å². The molecule has 2 heterocycles. The molecule has 0 radical (unpaired) electrons. The number of aryl methyl sites for hydroxylation is 2. The van der Waals surface area contributed by atoms with Gasteiger partial charge in [-0.3, -0.25) is 0 Å². The molecule has 1 fully saturated rings. The number of nitrogens with one attached hydrogen (secondary N) is 1. The Morgan fingerprint density at radius 3 is 2.57 bits per heavy atom. The van der Waals surface area contributed by atoms with Gasteiger partial charge in [-0.15, -0.1) is 0 Å². The van der Waals surface area contributed by atoms with Crippen molar-refractivity contribution >= 4 is 10.0 Å². The molecule has 0 spiro atoms. The van der Waals surface area contributed by atoms with Crippen LogP contribution in [0.5, 0.6) is 0 Å². The van der Waals surface area contributed by atoms with E-state index >= 15 is 0 Å². The lowest BCUT2D eigenvalue weighted by Gasteiger charge is -2.35. The van der Waals surface area contributed by atoms with Gasteiger partial charge in [-0.2, -0.15) is 9.98 Å². The predicted octanol–water partition coefficient (Wildman–Crippen LogP) is 0.478. The Morgan fingerprint density at radius 2 is 2.10 bits per heavy atom. The summed E-state index contributed by atoms with van der Waals surface area (Å²) < 4.78 is 29.3. The van der Waals surface area contributed by atoms with Crippen LogP contribution in [0.15, 0.2) is 11.2 Å². The fourth-order valence-electron chi connectivity index (χ4n) is 2.48. The van der Waals surface area contributed by atoms with Gasteiger partial charge >= 0.3 is 0 Å². The molecular weight excluding hydrogens is 290 g/mol. The molecule has 1 aliphatic heterocycles. The minimum Gasteiger partial charge on any atom is -0.334 e. The summed E-state index contributed by atoms with van der Waals surface area (Å²) >= 11 is 0. The van der Waals surface area contributed by atoms with Crippen molar-refractivity contribution in [3.63, 3.8) is 0 Å². The summed E-state index contributed by atoms with van der Waals surface area (Å²) in [5.41, 5.74) is -1.03. The van der Waals surface area contributed by atoms with Crippen molar-refractivity contribution in [1.29, 1.82) is 5.26 Å². The quantitative estimate of drug-likeness (QED) is 0.873. The van der Waals surface area contributed by atoms with Gasteiger partial charge < -0.3 is 9.47 Å². The van der Waals surface area contributed by atoms with Crippen molar-refractivity contribution in [2.75, 3.05) is 20.1 Å². The topological polar surface area (TPSA) is 91.0 Å². The van der Waals surface area contributed by atoms with Crippen LogP contribution in [0.4, 0.5) is 0 Å². The second-order valence-corrected chi connectivity index (χ2v) is 7.14. The van der Waals surface area contributed by atoms with Crippen molar-refractivity contribution in [2.45, 2.75) is 43.8 Å². The van der Waals surface area contributed by atoms with E-state index in [9.17, 15) is 13.7 Å². The standard InChI is InChI=1S/C13H21N5O2S/c1-4-18-9-12(15-11(18)2)21(19,20)16-13(10-14)5-7-17(3)8-6-13/h9,16H,4-8H2,1-3H3. The number of imidazole rings is 1. The van der Waals surface area contributed by atoms with Crippen molar-refractivity contribution in [1.82, 2.24) is 19.2 Å². The highest BCUT2D eigenvalue weighted by molar-refractivity contribution is 7.89. The first-order valence-corrected chi connectivity index (χ1v) is 8.48. The van der Waals surface area contributed by atoms with Crippen LogP contribution in [-0.2, 0) is 16.6 Å². The molecule has 0 aromatic carbocycles. The number of hydrogen-bond acceptors (Lipinski definition) is 5. The summed E-state index contributed by atoms with van der Waals surface area (Å²) in [4.78, 5) is 6.17. The van der Waals surface area contributed by atoms with Crippen LogP contribution in [-0.4, -0.2) is 48.5 Å². The average molecular weight is 311 g/mol. The Bertz CT molecular complexity index is 651. The van der Waals surface area contributed by atoms with Gasteiger partial charge in [0.1, 0.15) is 11.4 Å². The van der Waals surface area contributed by atoms with E-state index in [0.29, 0.717) is 38.3 Å². The number of rotatable bonds is 4. The first-order chi connectivity index (χ1) is 9.82. The number of hydrogen-bond donors (Lipinski definition) is 1. The molecule has 7 nitrogen and oxygen atoms in total. The third kappa shape index (κ3) is 3.26. The fourth-order valence-corrected chi connectivity index (χ4v) is 3.86. The summed E-state index contributed by atoms with van der Waals surface area (Å²) in [6, 6.07) is 2.15. The number of likely N-dealkylation sites (tertiary alicyclic amines) is 1. The van der Waals surface area contributed by atoms with E-state index in [-0.39, 0.29) is 5.03 Å². The lowest BCUT2D eigenvalue weighted by Crippen LogP contribution is -2.53. The number of aromatic nitrogens is 2. The van der Waals surface area contributed by atoms with Crippen LogP contribution in [0.25, 0.3) is 0 Å². The highest BCUT2D eigenvalue weighted by Crippen LogP contribution is 2.23. The van der Waals surface area contributed by atoms with Crippen molar-refractivity contribution in [3.8, 4) is 6.07 Å². The molecule has 21 heavy (non-hydrogen) atoms. The Kier molecular flexibility index (Phi) is 4.37. The summed E-state index contributed by atoms with van der Waals surface area (Å²) in [5.74, 6) is 0.646. The monoisotopic (exact) mass is 311 g/mol. The normalized spacial score (nSPS) is 19.3. The van der Waals surface area contributed by atoms with Crippen molar-refractivity contribution in [3.05, 3.63) is 12.0 Å². The van der Waals surface area contributed by atoms with E-state index < -0.39 is 15.6 Å². The number of sulfonamides is 1. The summed E-state index contributed by atoms with van der Waals surface area (Å²) in [5, 5.41) is 9.40. The van der Waals surface area contributed by atoms with E-state index in [1.54, 1.807) is 11.5 Å². The van der Waals surface area contributed by atoms with E-state index in [1.807, 2.05) is 14.0 Å². The fraction of sp³-hybridized carbons (Fsp3) is 0.692. The van der Waals surface area contributed by atoms with E-state index in [1.165, 1.54) is 6.20 Å². The molecule has 0 unspecified atom stereocenters. The zero-order chi connectivity index (χ0) is 15.7. The second kappa shape index (κ2) is 5.75. The van der Waals surface area contributed by atoms with Gasteiger partial charge in [0.2, 0.25) is 0 Å². The van der Waals surface area contributed by atoms with Crippen LogP contribution in [0.2, 0.25) is 0 Å². The van der Waals surface area contributed by atoms with Gasteiger partial charge in [-0.1, -0.05) is 0 Å². The molecule has 1 aromatic rings. The zero-order valence-corrected chi connectivity index (χ0v) is 13.4. The largest absolute Gasteiger partial charge is 0.334 e. The molecule has 1 aliphatic rings. The first-order valence-electron chi connectivity index (χ1n) is 6.99. The number of piperidine rings is 1. The molecule has 0 saturated carbocycles. The van der Waals surface area contributed by atoms with E-state index in [2.05, 4.69) is 20.7 Å². The number of nitriles is 1. The molecule has 2 rings (SSSR count). The third-order valence-corrected chi connectivity index (χ3v) is 5.36. The summed E-state index contributed by atoms with van der Waals surface area (Å²) in [6.45, 7) is 5.73. The lowest BCUT2D eigenvalue weighted by molar-refractivity contribution is 0.213. The van der Waals surface area contributed by atoms with Gasteiger partial charge in [-0.25, -0.2) is 13.4 Å². The highest BCUT2D eigenvalue weighted by Gasteiger charge is 2.38. The Balaban J connectivity index is 2.25. The average Bonchev–Trinajstić information content (AvgIpc) is 2.83. The molecule has 0 amide bonds. The van der Waals surface area contributed by atoms with Gasteiger partial charge in [0, 0.05) is 25.8 Å². The van der Waals surface area contributed by atoms with Crippen molar-refractivity contribution < 1.29 is 8.42 Å². The molecule has 1 saturated heterocycles. The minimum atomic E-state index is -3.78. The third-order valence-electron chi connectivity index (χ3n) is 3.95. The second-order valence-electron chi connectivity index (χ2n) is 5.52. The molecule has 1 N–H and O–H groups in total. The maximum atomic E-state index is 12.5. The molecule has 0 atom stereocenters. The molecule has 8 heteroatoms. The van der Waals surface area contributed by atoms with Gasteiger partial charge in [0.15, 0.2) is 5.03 Å². The van der Waals surface area contributed by atoms with Crippen LogP contribution in [0.1, 0.15) is 25.6 Å². The maximum Gasteiger partial charge on any atom is 0.260 e. The molecule has 0 aliphatic carbocycles. The molecule has 1 aromatic heterocycles. The van der Waals surface area contributed by atoms with E-state index in [0.717, 1.165) is 0 Å². The van der Waals surface area contributed by atoms with Crippen LogP contribution < -0.4 is 4.72 Å². The van der Waals surface area contributed by atoms with Crippen LogP contribution in [0, 0.1) is 18.3 Å². The Hall–Kier alpha value is -1.43. The van der Waals surface area contributed by atoms with Crippen LogP contribution in [0.3, 0.4) is 0 Å². The SMILES string of the molecule is CCn1cc(S(=O)(=O)NC2(C#N)CCN(C)CC2)nc1C. The molecule has 116 valence electrons. The predicted molar refractivity (Wildman–Crippen MR) is 78.0 cm³/mol.